The molecule has 2 aromatic carbocycles. The fraction of sp³-hybridized carbons (Fsp3) is 0.286. The molecule has 0 saturated carbocycles. The third-order valence-corrected chi connectivity index (χ3v) is 5.14. The van der Waals surface area contributed by atoms with E-state index in [2.05, 4.69) is 43.0 Å². The molecule has 1 aliphatic heterocycles. The molecule has 1 aliphatic rings. The van der Waals surface area contributed by atoms with E-state index in [0.29, 0.717) is 0 Å². The molecule has 2 N–H and O–H groups in total. The number of benzene rings is 2. The minimum absolute atomic E-state index is 0.00180. The second kappa shape index (κ2) is 5.80. The van der Waals surface area contributed by atoms with Crippen molar-refractivity contribution in [1.82, 2.24) is 9.78 Å². The lowest BCUT2D eigenvalue weighted by Gasteiger charge is -2.41. The Balaban J connectivity index is 1.94. The normalized spacial score (nSPS) is 15.7. The Labute approximate surface area is 152 Å². The first-order valence-corrected chi connectivity index (χ1v) is 8.84. The zero-order chi connectivity index (χ0) is 18.5. The average molecular weight is 345 g/mol. The van der Waals surface area contributed by atoms with Crippen LogP contribution in [0.3, 0.4) is 0 Å². The third-order valence-electron chi connectivity index (χ3n) is 5.14. The summed E-state index contributed by atoms with van der Waals surface area (Å²) < 4.78 is 1.42. The van der Waals surface area contributed by atoms with Gasteiger partial charge in [-0.05, 0) is 18.1 Å². The van der Waals surface area contributed by atoms with Crippen molar-refractivity contribution in [1.29, 1.82) is 10.8 Å². The highest BCUT2D eigenvalue weighted by molar-refractivity contribution is 5.93. The van der Waals surface area contributed by atoms with Crippen LogP contribution in [0.1, 0.15) is 31.9 Å². The van der Waals surface area contributed by atoms with Crippen molar-refractivity contribution < 1.29 is 0 Å². The molecule has 0 fully saturated rings. The molecule has 132 valence electrons. The Hall–Kier alpha value is -2.95. The monoisotopic (exact) mass is 345 g/mol. The van der Waals surface area contributed by atoms with Crippen LogP contribution in [0.5, 0.6) is 0 Å². The first-order chi connectivity index (χ1) is 12.4. The Morgan fingerprint density at radius 1 is 1.04 bits per heavy atom. The predicted octanol–water partition coefficient (Wildman–Crippen LogP) is 3.66. The van der Waals surface area contributed by atoms with Crippen LogP contribution in [0.25, 0.3) is 10.8 Å². The van der Waals surface area contributed by atoms with Gasteiger partial charge in [0.15, 0.2) is 11.3 Å². The van der Waals surface area contributed by atoms with Crippen LogP contribution in [-0.4, -0.2) is 22.2 Å². The van der Waals surface area contributed by atoms with Crippen LogP contribution in [0.4, 0.5) is 5.82 Å². The summed E-state index contributed by atoms with van der Waals surface area (Å²) >= 11 is 0. The average Bonchev–Trinajstić information content (AvgIpc) is 2.61. The molecular weight excluding hydrogens is 322 g/mol. The first-order valence-electron chi connectivity index (χ1n) is 8.84. The van der Waals surface area contributed by atoms with E-state index < -0.39 is 0 Å². The molecule has 4 rings (SSSR count). The van der Waals surface area contributed by atoms with Crippen LogP contribution >= 0.6 is 0 Å². The summed E-state index contributed by atoms with van der Waals surface area (Å²) in [5, 5.41) is 22.9. The molecule has 0 unspecified atom stereocenters. The van der Waals surface area contributed by atoms with Crippen molar-refractivity contribution in [2.24, 2.45) is 0 Å². The van der Waals surface area contributed by atoms with Gasteiger partial charge in [0.1, 0.15) is 5.84 Å². The lowest BCUT2D eigenvalue weighted by atomic mass is 9.78. The maximum atomic E-state index is 8.42. The van der Waals surface area contributed by atoms with Gasteiger partial charge in [0.25, 0.3) is 0 Å². The molecular formula is C21H23N5. The number of anilines is 1. The number of fused-ring (bicyclic) bond motifs is 2. The molecule has 26 heavy (non-hydrogen) atoms. The first kappa shape index (κ1) is 16.5. The lowest BCUT2D eigenvalue weighted by Crippen LogP contribution is -2.43. The topological polar surface area (TPSA) is 68.8 Å². The van der Waals surface area contributed by atoms with E-state index >= 15 is 0 Å². The summed E-state index contributed by atoms with van der Waals surface area (Å²) in [6.45, 7) is 7.81. The van der Waals surface area contributed by atoms with Crippen LogP contribution in [0.2, 0.25) is 0 Å². The summed E-state index contributed by atoms with van der Waals surface area (Å²) in [4.78, 5) is 2.28. The third kappa shape index (κ3) is 2.51. The number of nitrogens with one attached hydrogen (secondary N) is 2. The standard InChI is InChI=1S/C21H23N5/c1-14(22)26-19(23)16-9-5-6-10-17(16)20(24-26)25-12-15-8-4-7-11-18(15)21(2,3)13-25/h4-11,22-23H,12-13H2,1-3H3. The molecule has 0 spiro atoms. The second-order valence-electron chi connectivity index (χ2n) is 7.61. The maximum Gasteiger partial charge on any atom is 0.158 e. The number of rotatable bonds is 1. The molecule has 0 radical (unpaired) electrons. The summed E-state index contributed by atoms with van der Waals surface area (Å²) in [5.41, 5.74) is 2.95. The van der Waals surface area contributed by atoms with Crippen molar-refractivity contribution in [3.63, 3.8) is 0 Å². The summed E-state index contributed by atoms with van der Waals surface area (Å²) in [6, 6.07) is 16.5. The molecule has 0 atom stereocenters. The van der Waals surface area contributed by atoms with Gasteiger partial charge in [0.2, 0.25) is 0 Å². The fourth-order valence-electron chi connectivity index (χ4n) is 3.97. The second-order valence-corrected chi connectivity index (χ2v) is 7.61. The van der Waals surface area contributed by atoms with Crippen molar-refractivity contribution in [3.05, 3.63) is 65.1 Å². The van der Waals surface area contributed by atoms with E-state index in [1.54, 1.807) is 6.92 Å². The molecule has 0 amide bonds. The van der Waals surface area contributed by atoms with Gasteiger partial charge in [-0.25, -0.2) is 0 Å². The van der Waals surface area contributed by atoms with Gasteiger partial charge < -0.3 is 4.90 Å². The lowest BCUT2D eigenvalue weighted by molar-refractivity contribution is 0.474. The van der Waals surface area contributed by atoms with E-state index in [9.17, 15) is 0 Å². The Bertz CT molecular complexity index is 1080. The van der Waals surface area contributed by atoms with E-state index in [1.807, 2.05) is 24.3 Å². The van der Waals surface area contributed by atoms with Crippen LogP contribution < -0.4 is 10.4 Å². The van der Waals surface area contributed by atoms with Gasteiger partial charge in [-0.3, -0.25) is 10.8 Å². The molecule has 2 heterocycles. The van der Waals surface area contributed by atoms with E-state index in [1.165, 1.54) is 15.8 Å². The smallest absolute Gasteiger partial charge is 0.158 e. The molecule has 3 aromatic rings. The van der Waals surface area contributed by atoms with E-state index in [0.717, 1.165) is 29.7 Å². The fourth-order valence-corrected chi connectivity index (χ4v) is 3.97. The van der Waals surface area contributed by atoms with Crippen molar-refractivity contribution in [2.45, 2.75) is 32.7 Å². The zero-order valence-corrected chi connectivity index (χ0v) is 15.4. The predicted molar refractivity (Wildman–Crippen MR) is 105 cm³/mol. The van der Waals surface area contributed by atoms with Gasteiger partial charge >= 0.3 is 0 Å². The summed E-state index contributed by atoms with van der Waals surface area (Å²) in [6.07, 6.45) is 0. The highest BCUT2D eigenvalue weighted by atomic mass is 15.4. The van der Waals surface area contributed by atoms with Crippen LogP contribution in [0.15, 0.2) is 48.5 Å². The van der Waals surface area contributed by atoms with Crippen molar-refractivity contribution >= 4 is 22.4 Å². The molecule has 0 saturated heterocycles. The highest BCUT2D eigenvalue weighted by Gasteiger charge is 2.33. The quantitative estimate of drug-likeness (QED) is 0.522. The number of hydrogen-bond donors (Lipinski definition) is 2. The maximum absolute atomic E-state index is 8.42. The minimum Gasteiger partial charge on any atom is -0.349 e. The van der Waals surface area contributed by atoms with Gasteiger partial charge in [-0.2, -0.15) is 4.68 Å². The zero-order valence-electron chi connectivity index (χ0n) is 15.4. The minimum atomic E-state index is 0.00180. The molecule has 1 aromatic heterocycles. The Kier molecular flexibility index (Phi) is 3.68. The van der Waals surface area contributed by atoms with Crippen LogP contribution in [-0.2, 0) is 12.0 Å². The van der Waals surface area contributed by atoms with Crippen molar-refractivity contribution in [2.75, 3.05) is 11.4 Å². The largest absolute Gasteiger partial charge is 0.349 e. The summed E-state index contributed by atoms with van der Waals surface area (Å²) in [7, 11) is 0. The SMILES string of the molecule is CC(=N)n1nc(N2Cc3ccccc3C(C)(C)C2)c2ccccc2c1=N. The molecule has 5 nitrogen and oxygen atoms in total. The Morgan fingerprint density at radius 2 is 1.69 bits per heavy atom. The van der Waals surface area contributed by atoms with Gasteiger partial charge in [-0.15, -0.1) is 5.10 Å². The Morgan fingerprint density at radius 3 is 2.42 bits per heavy atom. The number of aromatic nitrogens is 2. The van der Waals surface area contributed by atoms with Gasteiger partial charge in [0.05, 0.1) is 0 Å². The van der Waals surface area contributed by atoms with E-state index in [-0.39, 0.29) is 16.7 Å². The number of nitrogens with zero attached hydrogens (tertiary/aromatic N) is 3. The van der Waals surface area contributed by atoms with E-state index in [4.69, 9.17) is 15.9 Å². The molecule has 0 bridgehead atoms. The van der Waals surface area contributed by atoms with Gasteiger partial charge in [-0.1, -0.05) is 62.4 Å². The highest BCUT2D eigenvalue weighted by Crippen LogP contribution is 2.36. The summed E-state index contributed by atoms with van der Waals surface area (Å²) in [5.74, 6) is 1.09. The molecule has 5 heteroatoms. The number of hydrogen-bond acceptors (Lipinski definition) is 4. The van der Waals surface area contributed by atoms with Crippen LogP contribution in [0, 0.1) is 10.8 Å². The van der Waals surface area contributed by atoms with Crippen molar-refractivity contribution in [3.8, 4) is 0 Å². The van der Waals surface area contributed by atoms with Gasteiger partial charge in [0, 0.05) is 29.3 Å². The molecule has 0 aliphatic carbocycles.